The zero-order chi connectivity index (χ0) is 17.4. The monoisotopic (exact) mass is 338 g/mol. The molecule has 0 spiro atoms. The van der Waals surface area contributed by atoms with Crippen molar-refractivity contribution in [3.05, 3.63) is 36.0 Å². The van der Waals surface area contributed by atoms with Gasteiger partial charge in [-0.15, -0.1) is 0 Å². The number of methoxy groups -OCH3 is 2. The third-order valence-electron chi connectivity index (χ3n) is 4.65. The molecule has 0 amide bonds. The number of nitrogens with zero attached hydrogens (tertiary/aromatic N) is 4. The van der Waals surface area contributed by atoms with Gasteiger partial charge in [0.15, 0.2) is 17.1 Å². The first-order chi connectivity index (χ1) is 12.2. The molecule has 1 saturated heterocycles. The van der Waals surface area contributed by atoms with E-state index in [-0.39, 0.29) is 0 Å². The molecule has 0 bridgehead atoms. The van der Waals surface area contributed by atoms with Crippen LogP contribution in [0.15, 0.2) is 30.3 Å². The van der Waals surface area contributed by atoms with Gasteiger partial charge in [-0.25, -0.2) is 4.98 Å². The van der Waals surface area contributed by atoms with Gasteiger partial charge in [-0.05, 0) is 38.0 Å². The van der Waals surface area contributed by atoms with Crippen LogP contribution in [0, 0.1) is 6.92 Å². The fraction of sp³-hybridized carbons (Fsp3) is 0.368. The molecule has 0 unspecified atom stereocenters. The Morgan fingerprint density at radius 3 is 2.44 bits per heavy atom. The van der Waals surface area contributed by atoms with Crippen LogP contribution in [0.1, 0.15) is 18.5 Å². The van der Waals surface area contributed by atoms with Gasteiger partial charge in [0.2, 0.25) is 0 Å². The summed E-state index contributed by atoms with van der Waals surface area (Å²) in [7, 11) is 3.28. The minimum absolute atomic E-state index is 0.695. The largest absolute Gasteiger partial charge is 0.493 e. The topological polar surface area (TPSA) is 51.9 Å². The SMILES string of the molecule is COc1ccc(-c2cc3nc(C)cc(N4CCCC4)n3n2)cc1OC. The smallest absolute Gasteiger partial charge is 0.161 e. The summed E-state index contributed by atoms with van der Waals surface area (Å²) in [5.41, 5.74) is 3.73. The van der Waals surface area contributed by atoms with Gasteiger partial charge in [0.25, 0.3) is 0 Å². The highest BCUT2D eigenvalue weighted by atomic mass is 16.5. The van der Waals surface area contributed by atoms with Crippen LogP contribution in [0.4, 0.5) is 5.82 Å². The lowest BCUT2D eigenvalue weighted by Crippen LogP contribution is -2.21. The Kier molecular flexibility index (Phi) is 3.95. The summed E-state index contributed by atoms with van der Waals surface area (Å²) in [4.78, 5) is 7.03. The molecule has 1 aliphatic heterocycles. The molecule has 0 atom stereocenters. The second kappa shape index (κ2) is 6.27. The third-order valence-corrected chi connectivity index (χ3v) is 4.65. The second-order valence-corrected chi connectivity index (χ2v) is 6.32. The number of ether oxygens (including phenoxy) is 2. The summed E-state index contributed by atoms with van der Waals surface area (Å²) in [6.45, 7) is 4.18. The molecule has 1 aliphatic rings. The maximum absolute atomic E-state index is 5.41. The summed E-state index contributed by atoms with van der Waals surface area (Å²) in [5.74, 6) is 2.52. The number of hydrogen-bond acceptors (Lipinski definition) is 5. The quantitative estimate of drug-likeness (QED) is 0.730. The van der Waals surface area contributed by atoms with Crippen molar-refractivity contribution in [2.24, 2.45) is 0 Å². The predicted molar refractivity (Wildman–Crippen MR) is 97.7 cm³/mol. The lowest BCUT2D eigenvalue weighted by atomic mass is 10.1. The number of anilines is 1. The van der Waals surface area contributed by atoms with E-state index in [0.29, 0.717) is 11.5 Å². The third kappa shape index (κ3) is 2.77. The van der Waals surface area contributed by atoms with Gasteiger partial charge in [0, 0.05) is 36.5 Å². The lowest BCUT2D eigenvalue weighted by molar-refractivity contribution is 0.355. The van der Waals surface area contributed by atoms with Crippen LogP contribution in [-0.2, 0) is 0 Å². The maximum Gasteiger partial charge on any atom is 0.161 e. The van der Waals surface area contributed by atoms with E-state index in [9.17, 15) is 0 Å². The van der Waals surface area contributed by atoms with Crippen LogP contribution < -0.4 is 14.4 Å². The van der Waals surface area contributed by atoms with E-state index < -0.39 is 0 Å². The van der Waals surface area contributed by atoms with Crippen molar-refractivity contribution in [1.29, 1.82) is 0 Å². The van der Waals surface area contributed by atoms with Gasteiger partial charge in [-0.2, -0.15) is 9.61 Å². The van der Waals surface area contributed by atoms with E-state index in [4.69, 9.17) is 14.6 Å². The molecule has 3 aromatic rings. The Morgan fingerprint density at radius 2 is 1.72 bits per heavy atom. The Labute approximate surface area is 147 Å². The van der Waals surface area contributed by atoms with Gasteiger partial charge in [-0.1, -0.05) is 0 Å². The van der Waals surface area contributed by atoms with Crippen molar-refractivity contribution in [2.75, 3.05) is 32.2 Å². The number of hydrogen-bond donors (Lipinski definition) is 0. The van der Waals surface area contributed by atoms with Crippen molar-refractivity contribution >= 4 is 11.5 Å². The van der Waals surface area contributed by atoms with Gasteiger partial charge < -0.3 is 14.4 Å². The van der Waals surface area contributed by atoms with Crippen LogP contribution >= 0.6 is 0 Å². The van der Waals surface area contributed by atoms with Crippen molar-refractivity contribution in [2.45, 2.75) is 19.8 Å². The van der Waals surface area contributed by atoms with Crippen molar-refractivity contribution in [1.82, 2.24) is 14.6 Å². The molecule has 4 rings (SSSR count). The number of rotatable bonds is 4. The first-order valence-electron chi connectivity index (χ1n) is 8.54. The van der Waals surface area contributed by atoms with Gasteiger partial charge in [0.05, 0.1) is 19.9 Å². The molecule has 2 aromatic heterocycles. The Bertz CT molecular complexity index is 913. The van der Waals surface area contributed by atoms with Gasteiger partial charge >= 0.3 is 0 Å². The zero-order valence-electron chi connectivity index (χ0n) is 14.8. The highest BCUT2D eigenvalue weighted by Crippen LogP contribution is 2.32. The Balaban J connectivity index is 1.82. The molecule has 0 N–H and O–H groups in total. The molecule has 130 valence electrons. The molecule has 3 heterocycles. The average molecular weight is 338 g/mol. The minimum atomic E-state index is 0.695. The summed E-state index contributed by atoms with van der Waals surface area (Å²) in [6, 6.07) is 9.98. The predicted octanol–water partition coefficient (Wildman–Crippen LogP) is 3.32. The minimum Gasteiger partial charge on any atom is -0.493 e. The highest BCUT2D eigenvalue weighted by molar-refractivity contribution is 5.68. The number of benzene rings is 1. The van der Waals surface area contributed by atoms with E-state index in [1.165, 1.54) is 12.8 Å². The second-order valence-electron chi connectivity index (χ2n) is 6.32. The standard InChI is InChI=1S/C19H22N4O2/c1-13-10-19(22-8-4-5-9-22)23-18(20-13)12-15(21-23)14-6-7-16(24-2)17(11-14)25-3/h6-7,10-12H,4-5,8-9H2,1-3H3. The fourth-order valence-electron chi connectivity index (χ4n) is 3.39. The van der Waals surface area contributed by atoms with Gasteiger partial charge in [-0.3, -0.25) is 0 Å². The molecule has 6 nitrogen and oxygen atoms in total. The maximum atomic E-state index is 5.41. The van der Waals surface area contributed by atoms with Crippen LogP contribution in [0.5, 0.6) is 11.5 Å². The molecule has 6 heteroatoms. The van der Waals surface area contributed by atoms with E-state index in [1.807, 2.05) is 35.7 Å². The van der Waals surface area contributed by atoms with Crippen molar-refractivity contribution in [3.8, 4) is 22.8 Å². The normalized spacial score (nSPS) is 14.3. The molecule has 25 heavy (non-hydrogen) atoms. The average Bonchev–Trinajstić information content (AvgIpc) is 3.30. The van der Waals surface area contributed by atoms with Crippen LogP contribution in [0.25, 0.3) is 16.9 Å². The zero-order valence-corrected chi connectivity index (χ0v) is 14.8. The summed E-state index contributed by atoms with van der Waals surface area (Å²) in [5, 5.41) is 4.82. The first kappa shape index (κ1) is 15.7. The Morgan fingerprint density at radius 1 is 0.960 bits per heavy atom. The molecular formula is C19H22N4O2. The molecular weight excluding hydrogens is 316 g/mol. The van der Waals surface area contributed by atoms with Crippen molar-refractivity contribution in [3.63, 3.8) is 0 Å². The lowest BCUT2D eigenvalue weighted by Gasteiger charge is -2.18. The molecule has 0 aliphatic carbocycles. The molecule has 1 fully saturated rings. The number of fused-ring (bicyclic) bond motifs is 1. The summed E-state index contributed by atoms with van der Waals surface area (Å²) < 4.78 is 12.7. The Hall–Kier alpha value is -2.76. The van der Waals surface area contributed by atoms with E-state index in [1.54, 1.807) is 14.2 Å². The highest BCUT2D eigenvalue weighted by Gasteiger charge is 2.18. The summed E-state index contributed by atoms with van der Waals surface area (Å²) in [6.07, 6.45) is 2.46. The van der Waals surface area contributed by atoms with E-state index in [0.717, 1.165) is 41.5 Å². The first-order valence-corrected chi connectivity index (χ1v) is 8.54. The number of aromatic nitrogens is 3. The van der Waals surface area contributed by atoms with E-state index >= 15 is 0 Å². The van der Waals surface area contributed by atoms with Gasteiger partial charge in [0.1, 0.15) is 5.82 Å². The molecule has 0 saturated carbocycles. The van der Waals surface area contributed by atoms with Crippen LogP contribution in [0.2, 0.25) is 0 Å². The molecule has 1 aromatic carbocycles. The van der Waals surface area contributed by atoms with Crippen molar-refractivity contribution < 1.29 is 9.47 Å². The summed E-state index contributed by atoms with van der Waals surface area (Å²) >= 11 is 0. The van der Waals surface area contributed by atoms with Crippen LogP contribution in [-0.4, -0.2) is 41.9 Å². The number of aryl methyl sites for hydroxylation is 1. The van der Waals surface area contributed by atoms with Crippen LogP contribution in [0.3, 0.4) is 0 Å². The molecule has 0 radical (unpaired) electrons. The van der Waals surface area contributed by atoms with E-state index in [2.05, 4.69) is 16.0 Å². The fourth-order valence-corrected chi connectivity index (χ4v) is 3.39.